The molecular weight excluding hydrogens is 412 g/mol. The van der Waals surface area contributed by atoms with Crippen LogP contribution in [0.4, 0.5) is 5.69 Å². The van der Waals surface area contributed by atoms with Crippen LogP contribution in [0.5, 0.6) is 0 Å². The Morgan fingerprint density at radius 3 is 2.38 bits per heavy atom. The third-order valence-electron chi connectivity index (χ3n) is 3.55. The summed E-state index contributed by atoms with van der Waals surface area (Å²) in [5.41, 5.74) is 2.79. The zero-order chi connectivity index (χ0) is 19.1. The number of hydrogen-bond donors (Lipinski definition) is 2. The lowest BCUT2D eigenvalue weighted by Gasteiger charge is -2.10. The number of benzene rings is 2. The number of thioether (sulfide) groups is 1. The van der Waals surface area contributed by atoms with Gasteiger partial charge in [0.05, 0.1) is 12.2 Å². The number of nitrogens with one attached hydrogen (secondary N) is 2. The Balaban J connectivity index is 1.84. The van der Waals surface area contributed by atoms with Crippen LogP contribution in [0.15, 0.2) is 51.8 Å². The second kappa shape index (κ2) is 9.78. The SMILES string of the molecule is Cc1cc(Br)ccc1SCC(=O)Nc1ccc(CC(=O)NC(C)C)cc1. The predicted octanol–water partition coefficient (Wildman–Crippen LogP) is 4.56. The van der Waals surface area contributed by atoms with Gasteiger partial charge in [-0.1, -0.05) is 28.1 Å². The Hall–Kier alpha value is -1.79. The summed E-state index contributed by atoms with van der Waals surface area (Å²) in [5.74, 6) is 0.293. The highest BCUT2D eigenvalue weighted by Gasteiger charge is 2.08. The normalized spacial score (nSPS) is 10.7. The van der Waals surface area contributed by atoms with Crippen molar-refractivity contribution in [2.75, 3.05) is 11.1 Å². The molecule has 0 aromatic heterocycles. The Labute approximate surface area is 167 Å². The maximum absolute atomic E-state index is 12.1. The molecule has 0 aliphatic rings. The van der Waals surface area contributed by atoms with Gasteiger partial charge in [0, 0.05) is 21.1 Å². The number of rotatable bonds is 7. The van der Waals surface area contributed by atoms with Gasteiger partial charge in [0.25, 0.3) is 0 Å². The maximum Gasteiger partial charge on any atom is 0.234 e. The van der Waals surface area contributed by atoms with Gasteiger partial charge in [-0.25, -0.2) is 0 Å². The molecule has 4 nitrogen and oxygen atoms in total. The van der Waals surface area contributed by atoms with Crippen molar-refractivity contribution in [3.05, 3.63) is 58.1 Å². The highest BCUT2D eigenvalue weighted by Crippen LogP contribution is 2.25. The highest BCUT2D eigenvalue weighted by atomic mass is 79.9. The van der Waals surface area contributed by atoms with E-state index in [1.165, 1.54) is 11.8 Å². The third-order valence-corrected chi connectivity index (χ3v) is 5.22. The number of aryl methyl sites for hydroxylation is 1. The van der Waals surface area contributed by atoms with Gasteiger partial charge in [-0.15, -0.1) is 11.8 Å². The quantitative estimate of drug-likeness (QED) is 0.628. The van der Waals surface area contributed by atoms with E-state index in [0.29, 0.717) is 12.2 Å². The van der Waals surface area contributed by atoms with Gasteiger partial charge >= 0.3 is 0 Å². The van der Waals surface area contributed by atoms with Crippen molar-refractivity contribution >= 4 is 45.2 Å². The first-order valence-electron chi connectivity index (χ1n) is 8.40. The Kier molecular flexibility index (Phi) is 7.72. The number of carbonyl (C=O) groups is 2. The van der Waals surface area contributed by atoms with E-state index in [9.17, 15) is 9.59 Å². The van der Waals surface area contributed by atoms with E-state index in [2.05, 4.69) is 26.6 Å². The molecular formula is C20H23BrN2O2S. The van der Waals surface area contributed by atoms with E-state index >= 15 is 0 Å². The van der Waals surface area contributed by atoms with Crippen LogP contribution in [-0.4, -0.2) is 23.6 Å². The molecule has 2 aromatic carbocycles. The van der Waals surface area contributed by atoms with Crippen molar-refractivity contribution in [2.24, 2.45) is 0 Å². The molecule has 2 amide bonds. The molecule has 0 saturated heterocycles. The van der Waals surface area contributed by atoms with Gasteiger partial charge in [-0.2, -0.15) is 0 Å². The summed E-state index contributed by atoms with van der Waals surface area (Å²) in [6, 6.07) is 13.5. The molecule has 0 heterocycles. The lowest BCUT2D eigenvalue weighted by Crippen LogP contribution is -2.31. The summed E-state index contributed by atoms with van der Waals surface area (Å²) in [4.78, 5) is 25.0. The standard InChI is InChI=1S/C20H23BrN2O2S/c1-13(2)22-19(24)11-15-4-7-17(8-5-15)23-20(25)12-26-18-9-6-16(21)10-14(18)3/h4-10,13H,11-12H2,1-3H3,(H,22,24)(H,23,25). The molecule has 26 heavy (non-hydrogen) atoms. The number of amides is 2. The highest BCUT2D eigenvalue weighted by molar-refractivity contribution is 9.10. The largest absolute Gasteiger partial charge is 0.354 e. The zero-order valence-electron chi connectivity index (χ0n) is 15.1. The topological polar surface area (TPSA) is 58.2 Å². The summed E-state index contributed by atoms with van der Waals surface area (Å²) >= 11 is 4.95. The summed E-state index contributed by atoms with van der Waals surface area (Å²) in [6.07, 6.45) is 0.338. The first-order valence-corrected chi connectivity index (χ1v) is 10.2. The van der Waals surface area contributed by atoms with Gasteiger partial charge in [-0.3, -0.25) is 9.59 Å². The Morgan fingerprint density at radius 1 is 1.08 bits per heavy atom. The van der Waals surface area contributed by atoms with E-state index in [1.807, 2.05) is 63.2 Å². The van der Waals surface area contributed by atoms with Crippen LogP contribution in [0.1, 0.15) is 25.0 Å². The van der Waals surface area contributed by atoms with Crippen molar-refractivity contribution in [1.29, 1.82) is 0 Å². The average molecular weight is 435 g/mol. The molecule has 2 rings (SSSR count). The molecule has 0 atom stereocenters. The average Bonchev–Trinajstić information content (AvgIpc) is 2.55. The molecule has 0 bridgehead atoms. The number of hydrogen-bond acceptors (Lipinski definition) is 3. The van der Waals surface area contributed by atoms with Crippen LogP contribution in [0.2, 0.25) is 0 Å². The maximum atomic E-state index is 12.1. The van der Waals surface area contributed by atoms with Crippen LogP contribution in [0.3, 0.4) is 0 Å². The molecule has 0 unspecified atom stereocenters. The molecule has 0 fully saturated rings. The molecule has 0 radical (unpaired) electrons. The van der Waals surface area contributed by atoms with E-state index < -0.39 is 0 Å². The van der Waals surface area contributed by atoms with Crippen LogP contribution < -0.4 is 10.6 Å². The predicted molar refractivity (Wildman–Crippen MR) is 112 cm³/mol. The Bertz CT molecular complexity index is 776. The first kappa shape index (κ1) is 20.5. The zero-order valence-corrected chi connectivity index (χ0v) is 17.5. The van der Waals surface area contributed by atoms with Crippen LogP contribution in [-0.2, 0) is 16.0 Å². The minimum atomic E-state index is -0.0531. The summed E-state index contributed by atoms with van der Waals surface area (Å²) in [7, 11) is 0. The molecule has 0 aliphatic carbocycles. The molecule has 0 aliphatic heterocycles. The monoisotopic (exact) mass is 434 g/mol. The minimum absolute atomic E-state index is 0.00180. The van der Waals surface area contributed by atoms with Gasteiger partial charge in [0.15, 0.2) is 0 Å². The molecule has 0 spiro atoms. The summed E-state index contributed by atoms with van der Waals surface area (Å²) in [6.45, 7) is 5.90. The fraction of sp³-hybridized carbons (Fsp3) is 0.300. The molecule has 6 heteroatoms. The number of carbonyl (C=O) groups excluding carboxylic acids is 2. The van der Waals surface area contributed by atoms with Gasteiger partial charge < -0.3 is 10.6 Å². The van der Waals surface area contributed by atoms with E-state index in [1.54, 1.807) is 0 Å². The van der Waals surface area contributed by atoms with Gasteiger partial charge in [-0.05, 0) is 62.2 Å². The minimum Gasteiger partial charge on any atom is -0.354 e. The lowest BCUT2D eigenvalue weighted by atomic mass is 10.1. The van der Waals surface area contributed by atoms with E-state index in [-0.39, 0.29) is 17.9 Å². The van der Waals surface area contributed by atoms with Crippen LogP contribution in [0, 0.1) is 6.92 Å². The fourth-order valence-corrected chi connectivity index (χ4v) is 3.66. The van der Waals surface area contributed by atoms with Crippen molar-refractivity contribution in [1.82, 2.24) is 5.32 Å². The van der Waals surface area contributed by atoms with E-state index in [0.717, 1.165) is 26.2 Å². The molecule has 2 aromatic rings. The number of anilines is 1. The van der Waals surface area contributed by atoms with Crippen LogP contribution in [0.25, 0.3) is 0 Å². The summed E-state index contributed by atoms with van der Waals surface area (Å²) < 4.78 is 1.03. The Morgan fingerprint density at radius 2 is 1.77 bits per heavy atom. The van der Waals surface area contributed by atoms with Gasteiger partial charge in [0.2, 0.25) is 11.8 Å². The van der Waals surface area contributed by atoms with Crippen molar-refractivity contribution < 1.29 is 9.59 Å². The van der Waals surface area contributed by atoms with Gasteiger partial charge in [0.1, 0.15) is 0 Å². The van der Waals surface area contributed by atoms with E-state index in [4.69, 9.17) is 0 Å². The van der Waals surface area contributed by atoms with Crippen molar-refractivity contribution in [3.63, 3.8) is 0 Å². The third kappa shape index (κ3) is 6.84. The molecule has 0 saturated carbocycles. The smallest absolute Gasteiger partial charge is 0.234 e. The molecule has 2 N–H and O–H groups in total. The second-order valence-electron chi connectivity index (χ2n) is 6.34. The van der Waals surface area contributed by atoms with Crippen molar-refractivity contribution in [3.8, 4) is 0 Å². The second-order valence-corrected chi connectivity index (χ2v) is 8.28. The first-order chi connectivity index (χ1) is 12.3. The van der Waals surface area contributed by atoms with Crippen molar-refractivity contribution in [2.45, 2.75) is 38.1 Å². The van der Waals surface area contributed by atoms with Crippen LogP contribution >= 0.6 is 27.7 Å². The number of halogens is 1. The summed E-state index contributed by atoms with van der Waals surface area (Å²) in [5, 5.41) is 5.75. The lowest BCUT2D eigenvalue weighted by molar-refractivity contribution is -0.121. The molecule has 138 valence electrons. The fourth-order valence-electron chi connectivity index (χ4n) is 2.38.